The zero-order chi connectivity index (χ0) is 17.8. The predicted octanol–water partition coefficient (Wildman–Crippen LogP) is 3.36. The number of halogens is 2. The van der Waals surface area contributed by atoms with Crippen LogP contribution in [0.1, 0.15) is 38.5 Å². The summed E-state index contributed by atoms with van der Waals surface area (Å²) in [4.78, 5) is 27.9. The van der Waals surface area contributed by atoms with Crippen molar-refractivity contribution in [1.29, 1.82) is 0 Å². The molecule has 0 aromatic heterocycles. The molecular formula is C18H23F2N3O2. The molecule has 2 aliphatic rings. The van der Waals surface area contributed by atoms with Crippen LogP contribution in [0.25, 0.3) is 0 Å². The van der Waals surface area contributed by atoms with E-state index in [4.69, 9.17) is 0 Å². The molecule has 0 bridgehead atoms. The fraction of sp³-hybridized carbons (Fsp3) is 0.556. The minimum atomic E-state index is -0.986. The fourth-order valence-electron chi connectivity index (χ4n) is 3.58. The average molecular weight is 351 g/mol. The zero-order valence-corrected chi connectivity index (χ0v) is 14.1. The Bertz CT molecular complexity index is 653. The molecule has 0 aliphatic carbocycles. The third-order valence-electron chi connectivity index (χ3n) is 4.96. The first-order valence-corrected chi connectivity index (χ1v) is 8.85. The highest BCUT2D eigenvalue weighted by atomic mass is 19.2. The Morgan fingerprint density at radius 1 is 1.16 bits per heavy atom. The lowest BCUT2D eigenvalue weighted by molar-refractivity contribution is -0.127. The number of rotatable bonds is 4. The van der Waals surface area contributed by atoms with E-state index in [0.717, 1.165) is 50.8 Å². The van der Waals surface area contributed by atoms with Gasteiger partial charge in [-0.05, 0) is 44.2 Å². The Morgan fingerprint density at radius 3 is 2.72 bits per heavy atom. The van der Waals surface area contributed by atoms with Crippen molar-refractivity contribution in [1.82, 2.24) is 9.80 Å². The van der Waals surface area contributed by atoms with Crippen LogP contribution in [0, 0.1) is 11.6 Å². The van der Waals surface area contributed by atoms with E-state index in [0.29, 0.717) is 19.5 Å². The molecule has 5 nitrogen and oxygen atoms in total. The summed E-state index contributed by atoms with van der Waals surface area (Å²) in [5, 5.41) is 2.65. The molecule has 0 spiro atoms. The van der Waals surface area contributed by atoms with E-state index in [1.165, 1.54) is 6.07 Å². The van der Waals surface area contributed by atoms with Gasteiger partial charge in [-0.2, -0.15) is 0 Å². The molecule has 1 aromatic carbocycles. The van der Waals surface area contributed by atoms with Gasteiger partial charge >= 0.3 is 6.03 Å². The number of hydrogen-bond donors (Lipinski definition) is 1. The van der Waals surface area contributed by atoms with Gasteiger partial charge in [-0.25, -0.2) is 13.6 Å². The molecule has 1 aromatic rings. The largest absolute Gasteiger partial charge is 0.343 e. The Balaban J connectivity index is 1.60. The van der Waals surface area contributed by atoms with E-state index in [9.17, 15) is 18.4 Å². The first-order chi connectivity index (χ1) is 12.0. The highest BCUT2D eigenvalue weighted by molar-refractivity contribution is 5.89. The molecule has 1 N–H and O–H groups in total. The van der Waals surface area contributed by atoms with Gasteiger partial charge in [-0.15, -0.1) is 0 Å². The predicted molar refractivity (Wildman–Crippen MR) is 90.2 cm³/mol. The summed E-state index contributed by atoms with van der Waals surface area (Å²) in [6.07, 6.45) is 5.14. The molecular weight excluding hydrogens is 328 g/mol. The Morgan fingerprint density at radius 2 is 2.00 bits per heavy atom. The lowest BCUT2D eigenvalue weighted by atomic mass is 9.99. The van der Waals surface area contributed by atoms with Crippen molar-refractivity contribution in [2.75, 3.05) is 25.0 Å². The standard InChI is InChI=1S/C18H23F2N3O2/c19-15-7-6-13(12-16(15)20)21-18(25)23-10-2-1-4-14(23)8-11-22-9-3-5-17(22)24/h6-7,12,14H,1-5,8-11H2,(H,21,25)/t14-/m1/s1. The van der Waals surface area contributed by atoms with Crippen molar-refractivity contribution in [3.63, 3.8) is 0 Å². The van der Waals surface area contributed by atoms with Gasteiger partial charge in [0.2, 0.25) is 5.91 Å². The molecule has 0 saturated carbocycles. The van der Waals surface area contributed by atoms with E-state index >= 15 is 0 Å². The topological polar surface area (TPSA) is 52.7 Å². The number of urea groups is 1. The lowest BCUT2D eigenvalue weighted by Crippen LogP contribution is -2.47. The summed E-state index contributed by atoms with van der Waals surface area (Å²) < 4.78 is 26.3. The molecule has 2 heterocycles. The molecule has 2 aliphatic heterocycles. The van der Waals surface area contributed by atoms with Gasteiger partial charge < -0.3 is 15.1 Å². The van der Waals surface area contributed by atoms with Crippen molar-refractivity contribution < 1.29 is 18.4 Å². The average Bonchev–Trinajstić information content (AvgIpc) is 3.01. The van der Waals surface area contributed by atoms with Gasteiger partial charge in [0.05, 0.1) is 0 Å². The fourth-order valence-corrected chi connectivity index (χ4v) is 3.58. The van der Waals surface area contributed by atoms with Crippen LogP contribution in [-0.4, -0.2) is 47.4 Å². The van der Waals surface area contributed by atoms with Crippen molar-refractivity contribution in [2.45, 2.75) is 44.6 Å². The summed E-state index contributed by atoms with van der Waals surface area (Å²) in [5.41, 5.74) is 0.239. The minimum absolute atomic E-state index is 0.0624. The van der Waals surface area contributed by atoms with Crippen LogP contribution in [0.5, 0.6) is 0 Å². The van der Waals surface area contributed by atoms with Gasteiger partial charge in [-0.1, -0.05) is 0 Å². The third kappa shape index (κ3) is 4.27. The first-order valence-electron chi connectivity index (χ1n) is 8.85. The van der Waals surface area contributed by atoms with Gasteiger partial charge in [0.25, 0.3) is 0 Å². The summed E-state index contributed by atoms with van der Waals surface area (Å²) in [6.45, 7) is 2.10. The van der Waals surface area contributed by atoms with E-state index in [-0.39, 0.29) is 23.7 Å². The molecule has 1 atom stereocenters. The van der Waals surface area contributed by atoms with Crippen LogP contribution in [-0.2, 0) is 4.79 Å². The van der Waals surface area contributed by atoms with Crippen LogP contribution >= 0.6 is 0 Å². The Kier molecular flexibility index (Phi) is 5.50. The molecule has 3 rings (SSSR count). The maximum absolute atomic E-state index is 13.3. The number of nitrogens with zero attached hydrogens (tertiary/aromatic N) is 2. The van der Waals surface area contributed by atoms with Gasteiger partial charge in [-0.3, -0.25) is 4.79 Å². The summed E-state index contributed by atoms with van der Waals surface area (Å²) >= 11 is 0. The van der Waals surface area contributed by atoms with Gasteiger partial charge in [0, 0.05) is 43.9 Å². The molecule has 3 amide bonds. The number of nitrogens with one attached hydrogen (secondary N) is 1. The number of likely N-dealkylation sites (tertiary alicyclic amines) is 2. The lowest BCUT2D eigenvalue weighted by Gasteiger charge is -2.36. The van der Waals surface area contributed by atoms with Crippen LogP contribution in [0.3, 0.4) is 0 Å². The summed E-state index contributed by atoms with van der Waals surface area (Å²) in [5.74, 6) is -1.74. The highest BCUT2D eigenvalue weighted by Gasteiger charge is 2.28. The third-order valence-corrected chi connectivity index (χ3v) is 4.96. The van der Waals surface area contributed by atoms with Crippen molar-refractivity contribution >= 4 is 17.6 Å². The summed E-state index contributed by atoms with van der Waals surface area (Å²) in [6, 6.07) is 3.08. The quantitative estimate of drug-likeness (QED) is 0.904. The van der Waals surface area contributed by atoms with Crippen molar-refractivity contribution in [2.24, 2.45) is 0 Å². The molecule has 2 saturated heterocycles. The number of carbonyl (C=O) groups excluding carboxylic acids is 2. The number of anilines is 1. The molecule has 0 unspecified atom stereocenters. The number of benzene rings is 1. The molecule has 7 heteroatoms. The second-order valence-corrected chi connectivity index (χ2v) is 6.68. The monoisotopic (exact) mass is 351 g/mol. The summed E-state index contributed by atoms with van der Waals surface area (Å²) in [7, 11) is 0. The number of piperidine rings is 1. The Labute approximate surface area is 146 Å². The molecule has 25 heavy (non-hydrogen) atoms. The van der Waals surface area contributed by atoms with Crippen molar-refractivity contribution in [3.8, 4) is 0 Å². The number of carbonyl (C=O) groups is 2. The van der Waals surface area contributed by atoms with Crippen LogP contribution in [0.4, 0.5) is 19.3 Å². The second kappa shape index (κ2) is 7.80. The normalized spacial score (nSPS) is 20.9. The minimum Gasteiger partial charge on any atom is -0.343 e. The molecule has 136 valence electrons. The number of hydrogen-bond acceptors (Lipinski definition) is 2. The molecule has 2 fully saturated rings. The molecule has 0 radical (unpaired) electrons. The maximum atomic E-state index is 13.3. The zero-order valence-electron chi connectivity index (χ0n) is 14.1. The van der Waals surface area contributed by atoms with Crippen molar-refractivity contribution in [3.05, 3.63) is 29.8 Å². The van der Waals surface area contributed by atoms with Crippen LogP contribution in [0.2, 0.25) is 0 Å². The highest BCUT2D eigenvalue weighted by Crippen LogP contribution is 2.23. The Hall–Kier alpha value is -2.18. The van der Waals surface area contributed by atoms with E-state index in [1.807, 2.05) is 4.90 Å². The van der Waals surface area contributed by atoms with E-state index in [1.54, 1.807) is 4.90 Å². The second-order valence-electron chi connectivity index (χ2n) is 6.68. The van der Waals surface area contributed by atoms with Gasteiger partial charge in [0.1, 0.15) is 0 Å². The maximum Gasteiger partial charge on any atom is 0.322 e. The van der Waals surface area contributed by atoms with Gasteiger partial charge in [0.15, 0.2) is 11.6 Å². The van der Waals surface area contributed by atoms with Crippen LogP contribution in [0.15, 0.2) is 18.2 Å². The first kappa shape index (κ1) is 17.6. The van der Waals surface area contributed by atoms with Crippen LogP contribution < -0.4 is 5.32 Å². The number of amides is 3. The van der Waals surface area contributed by atoms with E-state index < -0.39 is 11.6 Å². The smallest absolute Gasteiger partial charge is 0.322 e. The van der Waals surface area contributed by atoms with E-state index in [2.05, 4.69) is 5.32 Å². The SMILES string of the molecule is O=C1CCCN1CC[C@H]1CCCCN1C(=O)Nc1ccc(F)c(F)c1.